The first kappa shape index (κ1) is 12.7. The van der Waals surface area contributed by atoms with Crippen LogP contribution >= 0.6 is 11.5 Å². The highest BCUT2D eigenvalue weighted by Crippen LogP contribution is 2.19. The number of aromatic nitrogens is 1. The number of carbonyl (C=O) groups excluding carboxylic acids is 1. The van der Waals surface area contributed by atoms with Gasteiger partial charge in [0.1, 0.15) is 17.1 Å². The van der Waals surface area contributed by atoms with Crippen molar-refractivity contribution in [1.82, 2.24) is 8.68 Å². The summed E-state index contributed by atoms with van der Waals surface area (Å²) in [5.74, 6) is -0.747. The van der Waals surface area contributed by atoms with Crippen LogP contribution < -0.4 is 0 Å². The third-order valence-electron chi connectivity index (χ3n) is 2.27. The van der Waals surface area contributed by atoms with E-state index in [0.29, 0.717) is 5.69 Å². The number of likely N-dealkylation sites (N-methyl/N-ethyl adjacent to an activating group) is 1. The monoisotopic (exact) mass is 287 g/mol. The Hall–Kier alpha value is -1.74. The van der Waals surface area contributed by atoms with Crippen LogP contribution in [0.4, 0.5) is 0 Å². The Bertz CT molecular complexity index is 631. The van der Waals surface area contributed by atoms with Gasteiger partial charge in [0.2, 0.25) is 0 Å². The van der Waals surface area contributed by atoms with E-state index in [1.807, 2.05) is 0 Å². The lowest BCUT2D eigenvalue weighted by Gasteiger charge is -2.21. The summed E-state index contributed by atoms with van der Waals surface area (Å²) in [6.07, 6.45) is 1.34. The molecule has 0 unspecified atom stereocenters. The molecule has 2 heterocycles. The minimum absolute atomic E-state index is 0.101. The largest absolute Gasteiger partial charge is 0.464 e. The summed E-state index contributed by atoms with van der Waals surface area (Å²) in [7, 11) is -1.51. The second kappa shape index (κ2) is 4.50. The molecule has 0 radical (unpaired) electrons. The lowest BCUT2D eigenvalue weighted by atomic mass is 10.2. The van der Waals surface area contributed by atoms with E-state index >= 15 is 0 Å². The van der Waals surface area contributed by atoms with E-state index in [4.69, 9.17) is 0 Å². The van der Waals surface area contributed by atoms with Gasteiger partial charge in [0.05, 0.1) is 7.11 Å². The van der Waals surface area contributed by atoms with Crippen molar-refractivity contribution in [3.05, 3.63) is 28.9 Å². The minimum atomic E-state index is -3.92. The summed E-state index contributed by atoms with van der Waals surface area (Å²) in [5.41, 5.74) is 0.420. The van der Waals surface area contributed by atoms with Gasteiger partial charge < -0.3 is 4.74 Å². The lowest BCUT2D eigenvalue weighted by molar-refractivity contribution is -0.137. The molecule has 2 rings (SSSR count). The van der Waals surface area contributed by atoms with Crippen LogP contribution in [-0.4, -0.2) is 42.9 Å². The molecule has 1 aliphatic heterocycles. The molecule has 0 amide bonds. The quantitative estimate of drug-likeness (QED) is 0.724. The third kappa shape index (κ3) is 2.14. The number of hydrogen-bond acceptors (Lipinski definition) is 6. The van der Waals surface area contributed by atoms with Crippen LogP contribution in [0.15, 0.2) is 27.6 Å². The van der Waals surface area contributed by atoms with Crippen molar-refractivity contribution in [2.24, 2.45) is 4.40 Å². The molecule has 0 fully saturated rings. The summed E-state index contributed by atoms with van der Waals surface area (Å²) in [5, 5.41) is 1.69. The molecular weight excluding hydrogens is 278 g/mol. The number of hydrogen-bond donors (Lipinski definition) is 0. The Kier molecular flexibility index (Phi) is 3.18. The van der Waals surface area contributed by atoms with Gasteiger partial charge in [0, 0.05) is 12.4 Å². The third-order valence-corrected chi connectivity index (χ3v) is 4.14. The summed E-state index contributed by atoms with van der Waals surface area (Å²) in [4.78, 5) is 11.5. The number of esters is 1. The number of allylic oxidation sites excluding steroid dienone is 1. The average Bonchev–Trinajstić information content (AvgIpc) is 2.85. The lowest BCUT2D eigenvalue weighted by Crippen LogP contribution is -2.33. The maximum atomic E-state index is 11.8. The fourth-order valence-electron chi connectivity index (χ4n) is 1.31. The maximum absolute atomic E-state index is 11.8. The average molecular weight is 287 g/mol. The molecule has 96 valence electrons. The minimum Gasteiger partial charge on any atom is -0.464 e. The molecule has 0 saturated carbocycles. The Labute approximate surface area is 108 Å². The topological polar surface area (TPSA) is 88.9 Å². The maximum Gasteiger partial charge on any atom is 0.355 e. The van der Waals surface area contributed by atoms with Crippen molar-refractivity contribution in [2.75, 3.05) is 14.2 Å². The van der Waals surface area contributed by atoms with Crippen LogP contribution in [0.3, 0.4) is 0 Å². The SMILES string of the molecule is COC(=O)C1=CC(c2ccsn2)=NS(=O)(=O)N1C. The van der Waals surface area contributed by atoms with Gasteiger partial charge in [-0.25, -0.2) is 9.10 Å². The van der Waals surface area contributed by atoms with Crippen molar-refractivity contribution in [3.63, 3.8) is 0 Å². The molecular formula is C9H9N3O4S2. The van der Waals surface area contributed by atoms with Crippen LogP contribution in [0.25, 0.3) is 0 Å². The van der Waals surface area contributed by atoms with Gasteiger partial charge in [0.15, 0.2) is 0 Å². The van der Waals surface area contributed by atoms with Gasteiger partial charge in [-0.1, -0.05) is 0 Å². The van der Waals surface area contributed by atoms with Crippen LogP contribution in [0.1, 0.15) is 5.69 Å². The van der Waals surface area contributed by atoms with E-state index in [1.165, 1.54) is 20.2 Å². The normalized spacial score (nSPS) is 18.0. The Morgan fingerprint density at radius 1 is 1.50 bits per heavy atom. The summed E-state index contributed by atoms with van der Waals surface area (Å²) in [6, 6.07) is 1.62. The van der Waals surface area contributed by atoms with Crippen LogP contribution in [0.5, 0.6) is 0 Å². The molecule has 0 N–H and O–H groups in total. The molecule has 0 atom stereocenters. The Morgan fingerprint density at radius 3 is 2.78 bits per heavy atom. The van der Waals surface area contributed by atoms with E-state index in [-0.39, 0.29) is 11.4 Å². The fraction of sp³-hybridized carbons (Fsp3) is 0.222. The van der Waals surface area contributed by atoms with E-state index < -0.39 is 16.2 Å². The van der Waals surface area contributed by atoms with Gasteiger partial charge in [0.25, 0.3) is 0 Å². The van der Waals surface area contributed by atoms with E-state index in [9.17, 15) is 13.2 Å². The van der Waals surface area contributed by atoms with E-state index in [1.54, 1.807) is 11.4 Å². The van der Waals surface area contributed by atoms with Crippen molar-refractivity contribution in [2.45, 2.75) is 0 Å². The summed E-state index contributed by atoms with van der Waals surface area (Å²) >= 11 is 1.16. The zero-order valence-electron chi connectivity index (χ0n) is 9.52. The van der Waals surface area contributed by atoms with Gasteiger partial charge in [-0.3, -0.25) is 0 Å². The molecule has 1 aromatic heterocycles. The van der Waals surface area contributed by atoms with Crippen LogP contribution in [0, 0.1) is 0 Å². The number of nitrogens with zero attached hydrogens (tertiary/aromatic N) is 3. The van der Waals surface area contributed by atoms with Crippen molar-refractivity contribution >= 4 is 33.4 Å². The number of methoxy groups -OCH3 is 1. The summed E-state index contributed by atoms with van der Waals surface area (Å²) < 4.78 is 36.4. The van der Waals surface area contributed by atoms with E-state index in [0.717, 1.165) is 15.8 Å². The molecule has 0 bridgehead atoms. The predicted octanol–water partition coefficient (Wildman–Crippen LogP) is 0.179. The van der Waals surface area contributed by atoms with Gasteiger partial charge >= 0.3 is 16.2 Å². The molecule has 0 aromatic carbocycles. The zero-order valence-corrected chi connectivity index (χ0v) is 11.2. The van der Waals surface area contributed by atoms with Crippen LogP contribution in [-0.2, 0) is 19.7 Å². The first-order valence-corrected chi connectivity index (χ1v) is 6.98. The van der Waals surface area contributed by atoms with Crippen molar-refractivity contribution < 1.29 is 17.9 Å². The molecule has 0 saturated heterocycles. The summed E-state index contributed by atoms with van der Waals surface area (Å²) in [6.45, 7) is 0. The predicted molar refractivity (Wildman–Crippen MR) is 65.4 cm³/mol. The van der Waals surface area contributed by atoms with Gasteiger partial charge in [-0.15, -0.1) is 4.40 Å². The highest BCUT2D eigenvalue weighted by Gasteiger charge is 2.30. The Morgan fingerprint density at radius 2 is 2.22 bits per heavy atom. The van der Waals surface area contributed by atoms with Gasteiger partial charge in [-0.2, -0.15) is 12.8 Å². The molecule has 7 nitrogen and oxygen atoms in total. The van der Waals surface area contributed by atoms with Gasteiger partial charge in [-0.05, 0) is 23.7 Å². The molecule has 0 aliphatic carbocycles. The first-order valence-electron chi connectivity index (χ1n) is 4.75. The highest BCUT2D eigenvalue weighted by molar-refractivity contribution is 7.88. The molecule has 9 heteroatoms. The smallest absolute Gasteiger partial charge is 0.355 e. The van der Waals surface area contributed by atoms with E-state index in [2.05, 4.69) is 13.5 Å². The number of ether oxygens (including phenoxy) is 1. The standard InChI is InChI=1S/C9H9N3O4S2/c1-12-8(9(13)16-2)5-7(11-18(12,14)15)6-3-4-17-10-6/h3-5H,1-2H3. The second-order valence-corrected chi connectivity index (χ2v) is 5.62. The molecule has 1 aliphatic rings. The first-order chi connectivity index (χ1) is 8.45. The van der Waals surface area contributed by atoms with Crippen LogP contribution in [0.2, 0.25) is 0 Å². The van der Waals surface area contributed by atoms with Crippen molar-refractivity contribution in [3.8, 4) is 0 Å². The molecule has 0 spiro atoms. The zero-order chi connectivity index (χ0) is 13.3. The number of rotatable bonds is 2. The fourth-order valence-corrected chi connectivity index (χ4v) is 2.73. The van der Waals surface area contributed by atoms with Crippen molar-refractivity contribution in [1.29, 1.82) is 0 Å². The Balaban J connectivity index is 2.55. The highest BCUT2D eigenvalue weighted by atomic mass is 32.2. The second-order valence-electron chi connectivity index (χ2n) is 3.33. The molecule has 18 heavy (non-hydrogen) atoms. The number of carbonyl (C=O) groups is 1. The molecule has 1 aromatic rings.